The number of rotatable bonds is 5. The third-order valence-electron chi connectivity index (χ3n) is 3.23. The summed E-state index contributed by atoms with van der Waals surface area (Å²) in [6, 6.07) is 3.63. The van der Waals surface area contributed by atoms with Crippen LogP contribution in [0.25, 0.3) is 0 Å². The molecular weight excluding hydrogens is 445 g/mol. The first-order valence-corrected chi connectivity index (χ1v) is 7.46. The van der Waals surface area contributed by atoms with Gasteiger partial charge in [0.25, 0.3) is 17.1 Å². The Kier molecular flexibility index (Phi) is 5.30. The molecule has 2 aromatic carbocycles. The van der Waals surface area contributed by atoms with Crippen LogP contribution in [0.4, 0.5) is 41.6 Å². The summed E-state index contributed by atoms with van der Waals surface area (Å²) in [6.45, 7) is 0. The van der Waals surface area contributed by atoms with E-state index in [0.717, 1.165) is 12.1 Å². The molecule has 0 spiro atoms. The molecule has 0 saturated carbocycles. The van der Waals surface area contributed by atoms with E-state index in [1.807, 2.05) is 0 Å². The minimum atomic E-state index is -5.07. The summed E-state index contributed by atoms with van der Waals surface area (Å²) in [5.41, 5.74) is -6.01. The predicted molar refractivity (Wildman–Crippen MR) is 88.8 cm³/mol. The molecule has 2 aromatic rings. The van der Waals surface area contributed by atoms with Crippen LogP contribution in [0.5, 0.6) is 0 Å². The molecule has 0 aliphatic heterocycles. The van der Waals surface area contributed by atoms with Crippen LogP contribution in [0.15, 0.2) is 34.8 Å². The minimum absolute atomic E-state index is 0.111. The summed E-state index contributed by atoms with van der Waals surface area (Å²) in [5, 5.41) is 35.6. The lowest BCUT2D eigenvalue weighted by molar-refractivity contribution is -0.392. The number of nitro benzene ring substituents is 3. The zero-order chi connectivity index (χ0) is 20.5. The van der Waals surface area contributed by atoms with E-state index < -0.39 is 49.3 Å². The van der Waals surface area contributed by atoms with E-state index >= 15 is 0 Å². The molecule has 27 heavy (non-hydrogen) atoms. The van der Waals surface area contributed by atoms with Crippen molar-refractivity contribution in [1.29, 1.82) is 0 Å². The number of benzene rings is 2. The first-order valence-electron chi connectivity index (χ1n) is 6.66. The monoisotopic (exact) mass is 450 g/mol. The molecule has 10 nitrogen and oxygen atoms in total. The van der Waals surface area contributed by atoms with E-state index in [2.05, 4.69) is 21.2 Å². The average molecular weight is 451 g/mol. The fourth-order valence-electron chi connectivity index (χ4n) is 2.09. The number of anilines is 2. The van der Waals surface area contributed by atoms with Gasteiger partial charge in [-0.25, -0.2) is 0 Å². The van der Waals surface area contributed by atoms with E-state index in [0.29, 0.717) is 0 Å². The fraction of sp³-hybridized carbons (Fsp3) is 0.0769. The van der Waals surface area contributed by atoms with E-state index in [-0.39, 0.29) is 22.3 Å². The number of nitro groups is 3. The van der Waals surface area contributed by atoms with Gasteiger partial charge in [0.2, 0.25) is 0 Å². The second kappa shape index (κ2) is 7.14. The molecule has 0 amide bonds. The van der Waals surface area contributed by atoms with Gasteiger partial charge in [-0.15, -0.1) is 0 Å². The molecule has 14 heteroatoms. The highest BCUT2D eigenvalue weighted by Gasteiger charge is 2.38. The van der Waals surface area contributed by atoms with Crippen molar-refractivity contribution in [2.75, 3.05) is 5.32 Å². The van der Waals surface area contributed by atoms with Gasteiger partial charge < -0.3 is 5.32 Å². The standard InChI is InChI=1S/C13H6BrF3N4O6/c14-7-1-2-8(9(5-7)19(22)23)18-12-10(20(24)25)3-6(13(15,16)17)4-11(12)21(26)27/h1-5,18H. The molecule has 1 N–H and O–H groups in total. The first-order chi connectivity index (χ1) is 12.4. The summed E-state index contributed by atoms with van der Waals surface area (Å²) in [7, 11) is 0. The van der Waals surface area contributed by atoms with Gasteiger partial charge in [-0.2, -0.15) is 13.2 Å². The number of halogens is 4. The Balaban J connectivity index is 2.75. The maximum absolute atomic E-state index is 12.9. The maximum Gasteiger partial charge on any atom is 0.416 e. The number of alkyl halides is 3. The van der Waals surface area contributed by atoms with Gasteiger partial charge in [0.15, 0.2) is 5.69 Å². The average Bonchev–Trinajstić information content (AvgIpc) is 2.54. The van der Waals surface area contributed by atoms with Gasteiger partial charge in [-0.1, -0.05) is 15.9 Å². The first kappa shape index (κ1) is 20.0. The van der Waals surface area contributed by atoms with Crippen LogP contribution in [-0.4, -0.2) is 14.8 Å². The van der Waals surface area contributed by atoms with Crippen molar-refractivity contribution in [3.05, 3.63) is 70.7 Å². The highest BCUT2D eigenvalue weighted by atomic mass is 79.9. The van der Waals surface area contributed by atoms with Crippen LogP contribution in [-0.2, 0) is 6.18 Å². The molecule has 0 atom stereocenters. The second-order valence-electron chi connectivity index (χ2n) is 4.95. The van der Waals surface area contributed by atoms with Crippen molar-refractivity contribution in [3.8, 4) is 0 Å². The lowest BCUT2D eigenvalue weighted by Crippen LogP contribution is -2.09. The Morgan fingerprint density at radius 3 is 1.74 bits per heavy atom. The third-order valence-corrected chi connectivity index (χ3v) is 3.73. The predicted octanol–water partition coefficient (Wildman–Crippen LogP) is 4.94. The molecule has 0 unspecified atom stereocenters. The number of hydrogen-bond donors (Lipinski definition) is 1. The molecule has 0 heterocycles. The third kappa shape index (κ3) is 4.28. The Bertz CT molecular complexity index is 931. The number of hydrogen-bond acceptors (Lipinski definition) is 7. The summed E-state index contributed by atoms with van der Waals surface area (Å²) in [4.78, 5) is 30.1. The van der Waals surface area contributed by atoms with Gasteiger partial charge in [-0.05, 0) is 12.1 Å². The van der Waals surface area contributed by atoms with E-state index in [4.69, 9.17) is 0 Å². The van der Waals surface area contributed by atoms with Gasteiger partial charge in [0.1, 0.15) is 5.69 Å². The molecule has 0 aromatic heterocycles. The van der Waals surface area contributed by atoms with E-state index in [1.54, 1.807) is 0 Å². The molecule has 0 fully saturated rings. The zero-order valence-electron chi connectivity index (χ0n) is 12.7. The lowest BCUT2D eigenvalue weighted by Gasteiger charge is -2.12. The van der Waals surface area contributed by atoms with Crippen molar-refractivity contribution in [1.82, 2.24) is 0 Å². The quantitative estimate of drug-likeness (QED) is 0.502. The normalized spacial score (nSPS) is 11.1. The molecule has 0 aliphatic rings. The van der Waals surface area contributed by atoms with Crippen molar-refractivity contribution >= 4 is 44.4 Å². The van der Waals surface area contributed by atoms with Crippen molar-refractivity contribution in [2.45, 2.75) is 6.18 Å². The molecule has 2 rings (SSSR count). The fourth-order valence-corrected chi connectivity index (χ4v) is 2.44. The van der Waals surface area contributed by atoms with E-state index in [9.17, 15) is 43.5 Å². The largest absolute Gasteiger partial charge is 0.416 e. The minimum Gasteiger partial charge on any atom is -0.339 e. The smallest absolute Gasteiger partial charge is 0.339 e. The zero-order valence-corrected chi connectivity index (χ0v) is 14.3. The van der Waals surface area contributed by atoms with Crippen LogP contribution >= 0.6 is 15.9 Å². The Morgan fingerprint density at radius 1 is 0.852 bits per heavy atom. The van der Waals surface area contributed by atoms with Crippen molar-refractivity contribution in [3.63, 3.8) is 0 Å². The Morgan fingerprint density at radius 2 is 1.33 bits per heavy atom. The van der Waals surface area contributed by atoms with Gasteiger partial charge >= 0.3 is 6.18 Å². The van der Waals surface area contributed by atoms with Crippen molar-refractivity contribution < 1.29 is 27.9 Å². The summed E-state index contributed by atoms with van der Waals surface area (Å²) < 4.78 is 38.9. The number of nitrogens with one attached hydrogen (secondary N) is 1. The Labute approximate surface area is 155 Å². The topological polar surface area (TPSA) is 141 Å². The van der Waals surface area contributed by atoms with Crippen molar-refractivity contribution in [2.24, 2.45) is 0 Å². The molecule has 142 valence electrons. The maximum atomic E-state index is 12.9. The van der Waals surface area contributed by atoms with Gasteiger partial charge in [-0.3, -0.25) is 30.3 Å². The van der Waals surface area contributed by atoms with Gasteiger partial charge in [0.05, 0.1) is 20.3 Å². The lowest BCUT2D eigenvalue weighted by atomic mass is 10.1. The highest BCUT2D eigenvalue weighted by Crippen LogP contribution is 2.43. The van der Waals surface area contributed by atoms with Gasteiger partial charge in [0, 0.05) is 22.7 Å². The van der Waals surface area contributed by atoms with Crippen LogP contribution in [0.1, 0.15) is 5.56 Å². The summed E-state index contributed by atoms with van der Waals surface area (Å²) in [6.07, 6.45) is -5.07. The molecule has 0 radical (unpaired) electrons. The van der Waals surface area contributed by atoms with Crippen LogP contribution in [0.3, 0.4) is 0 Å². The molecule has 0 saturated heterocycles. The highest BCUT2D eigenvalue weighted by molar-refractivity contribution is 9.10. The molecule has 0 aliphatic carbocycles. The summed E-state index contributed by atoms with van der Waals surface area (Å²) >= 11 is 2.98. The van der Waals surface area contributed by atoms with Crippen LogP contribution in [0, 0.1) is 30.3 Å². The second-order valence-corrected chi connectivity index (χ2v) is 5.86. The van der Waals surface area contributed by atoms with Crippen LogP contribution in [0.2, 0.25) is 0 Å². The van der Waals surface area contributed by atoms with E-state index in [1.165, 1.54) is 6.07 Å². The number of nitrogens with zero attached hydrogens (tertiary/aromatic N) is 3. The SMILES string of the molecule is O=[N+]([O-])c1cc(Br)ccc1Nc1c([N+](=O)[O-])cc(C(F)(F)F)cc1[N+](=O)[O-]. The molecular formula is C13H6BrF3N4O6. The molecule has 0 bridgehead atoms. The Hall–Kier alpha value is -3.29. The summed E-state index contributed by atoms with van der Waals surface area (Å²) in [5.74, 6) is 0. The van der Waals surface area contributed by atoms with Crippen LogP contribution < -0.4 is 5.32 Å².